The lowest BCUT2D eigenvalue weighted by atomic mass is 10.1. The molecule has 0 heterocycles. The molecule has 0 amide bonds. The van der Waals surface area contributed by atoms with E-state index in [0.29, 0.717) is 11.5 Å². The molecule has 0 saturated carbocycles. The van der Waals surface area contributed by atoms with Crippen LogP contribution >= 0.6 is 11.8 Å². The van der Waals surface area contributed by atoms with Crippen molar-refractivity contribution in [3.8, 4) is 12.3 Å². The Bertz CT molecular complexity index is 134. The van der Waals surface area contributed by atoms with Crippen LogP contribution in [0, 0.1) is 23.7 Å². The molecule has 0 rings (SSSR count). The highest BCUT2D eigenvalue weighted by Gasteiger charge is 2.03. The molecule has 50 valence electrons. The van der Waals surface area contributed by atoms with E-state index < -0.39 is 0 Å². The molecule has 0 aromatic heterocycles. The van der Waals surface area contributed by atoms with Crippen molar-refractivity contribution in [3.63, 3.8) is 0 Å². The van der Waals surface area contributed by atoms with Gasteiger partial charge in [-0.2, -0.15) is 0 Å². The maximum atomic E-state index is 7.31. The molecule has 1 nitrogen and oxygen atoms in total. The summed E-state index contributed by atoms with van der Waals surface area (Å²) >= 11 is 1.46. The molecule has 2 heteroatoms. The first-order valence-corrected chi connectivity index (χ1v) is 4.00. The van der Waals surface area contributed by atoms with Crippen LogP contribution in [0.25, 0.3) is 0 Å². The zero-order valence-corrected chi connectivity index (χ0v) is 6.59. The van der Waals surface area contributed by atoms with E-state index in [9.17, 15) is 0 Å². The minimum absolute atomic E-state index is 0.241. The number of hydrogen-bond acceptors (Lipinski definition) is 2. The molecule has 0 radical (unpaired) electrons. The number of terminal acetylenes is 1. The first kappa shape index (κ1) is 8.58. The molecule has 0 aliphatic heterocycles. The predicted octanol–water partition coefficient (Wildman–Crippen LogP) is 1.99. The largest absolute Gasteiger partial charge is 0.298 e. The van der Waals surface area contributed by atoms with Gasteiger partial charge in [-0.05, 0) is 6.26 Å². The first-order chi connectivity index (χ1) is 4.22. The van der Waals surface area contributed by atoms with Gasteiger partial charge in [-0.15, -0.1) is 24.1 Å². The Balaban J connectivity index is 3.62. The molecular weight excluding hydrogens is 130 g/mol. The van der Waals surface area contributed by atoms with E-state index in [4.69, 9.17) is 11.8 Å². The van der Waals surface area contributed by atoms with Crippen molar-refractivity contribution in [3.05, 3.63) is 0 Å². The van der Waals surface area contributed by atoms with E-state index >= 15 is 0 Å². The van der Waals surface area contributed by atoms with Gasteiger partial charge in [0.1, 0.15) is 0 Å². The monoisotopic (exact) mass is 141 g/mol. The van der Waals surface area contributed by atoms with E-state index in [1.54, 1.807) is 0 Å². The average molecular weight is 141 g/mol. The summed E-state index contributed by atoms with van der Waals surface area (Å²) in [6.07, 6.45) is 7.64. The topological polar surface area (TPSA) is 23.9 Å². The smallest absolute Gasteiger partial charge is 0.0676 e. The fourth-order valence-electron chi connectivity index (χ4n) is 0.471. The minimum atomic E-state index is 0.241. The first-order valence-electron chi connectivity index (χ1n) is 2.78. The molecule has 0 saturated heterocycles. The molecule has 1 atom stereocenters. The molecule has 0 fully saturated rings. The van der Waals surface area contributed by atoms with Crippen molar-refractivity contribution in [2.45, 2.75) is 13.3 Å². The summed E-state index contributed by atoms with van der Waals surface area (Å²) < 4.78 is 0. The molecule has 1 N–H and O–H groups in total. The van der Waals surface area contributed by atoms with Crippen molar-refractivity contribution in [1.82, 2.24) is 0 Å². The van der Waals surface area contributed by atoms with Crippen molar-refractivity contribution >= 4 is 16.8 Å². The maximum absolute atomic E-state index is 7.31. The van der Waals surface area contributed by atoms with Gasteiger partial charge >= 0.3 is 0 Å². The Morgan fingerprint density at radius 2 is 2.44 bits per heavy atom. The van der Waals surface area contributed by atoms with Crippen LogP contribution in [-0.2, 0) is 0 Å². The molecular formula is C7H11NS. The van der Waals surface area contributed by atoms with Crippen molar-refractivity contribution in [2.75, 3.05) is 6.26 Å². The van der Waals surface area contributed by atoms with Gasteiger partial charge < -0.3 is 0 Å². The van der Waals surface area contributed by atoms with Gasteiger partial charge in [0.05, 0.1) is 5.04 Å². The van der Waals surface area contributed by atoms with Gasteiger partial charge in [-0.25, -0.2) is 0 Å². The Morgan fingerprint density at radius 3 is 2.78 bits per heavy atom. The van der Waals surface area contributed by atoms with Crippen molar-refractivity contribution in [2.24, 2.45) is 5.92 Å². The lowest BCUT2D eigenvalue weighted by Crippen LogP contribution is -2.03. The van der Waals surface area contributed by atoms with Crippen LogP contribution in [0.3, 0.4) is 0 Å². The van der Waals surface area contributed by atoms with Crippen molar-refractivity contribution < 1.29 is 0 Å². The van der Waals surface area contributed by atoms with Crippen LogP contribution in [-0.4, -0.2) is 11.3 Å². The second-order valence-corrected chi connectivity index (χ2v) is 2.73. The van der Waals surface area contributed by atoms with Crippen LogP contribution in [0.5, 0.6) is 0 Å². The van der Waals surface area contributed by atoms with E-state index in [2.05, 4.69) is 5.92 Å². The zero-order valence-electron chi connectivity index (χ0n) is 5.77. The molecule has 0 bridgehead atoms. The normalized spacial score (nSPS) is 12.1. The highest BCUT2D eigenvalue weighted by atomic mass is 32.2. The highest BCUT2D eigenvalue weighted by molar-refractivity contribution is 8.13. The summed E-state index contributed by atoms with van der Waals surface area (Å²) in [7, 11) is 0. The van der Waals surface area contributed by atoms with E-state index in [1.165, 1.54) is 11.8 Å². The van der Waals surface area contributed by atoms with E-state index in [1.807, 2.05) is 13.2 Å². The molecule has 0 aromatic rings. The van der Waals surface area contributed by atoms with Gasteiger partial charge in [0, 0.05) is 12.3 Å². The van der Waals surface area contributed by atoms with Gasteiger partial charge in [0.15, 0.2) is 0 Å². The fraction of sp³-hybridized carbons (Fsp3) is 0.571. The van der Waals surface area contributed by atoms with Gasteiger partial charge in [0.25, 0.3) is 0 Å². The standard InChI is InChI=1S/C7H11NS/c1-4-5-6(2)7(8)9-3/h1,6,8H,5H2,2-3H3. The van der Waals surface area contributed by atoms with Gasteiger partial charge in [0.2, 0.25) is 0 Å². The minimum Gasteiger partial charge on any atom is -0.298 e. The van der Waals surface area contributed by atoms with Crippen LogP contribution in [0.4, 0.5) is 0 Å². The lowest BCUT2D eigenvalue weighted by Gasteiger charge is -2.04. The quantitative estimate of drug-likeness (QED) is 0.355. The summed E-state index contributed by atoms with van der Waals surface area (Å²) in [5, 5.41) is 7.99. The fourth-order valence-corrected chi connectivity index (χ4v) is 0.956. The number of hydrogen-bond donors (Lipinski definition) is 1. The maximum Gasteiger partial charge on any atom is 0.0676 e. The summed E-state index contributed by atoms with van der Waals surface area (Å²) in [5.74, 6) is 2.77. The lowest BCUT2D eigenvalue weighted by molar-refractivity contribution is 0.816. The van der Waals surface area contributed by atoms with Gasteiger partial charge in [-0.3, -0.25) is 5.41 Å². The third-order valence-electron chi connectivity index (χ3n) is 1.09. The van der Waals surface area contributed by atoms with Crippen LogP contribution < -0.4 is 0 Å². The molecule has 0 spiro atoms. The van der Waals surface area contributed by atoms with E-state index in [-0.39, 0.29) is 5.92 Å². The highest BCUT2D eigenvalue weighted by Crippen LogP contribution is 2.10. The number of thioether (sulfide) groups is 1. The second kappa shape index (κ2) is 4.46. The molecule has 0 aromatic carbocycles. The molecule has 0 aliphatic carbocycles. The van der Waals surface area contributed by atoms with Crippen LogP contribution in [0.1, 0.15) is 13.3 Å². The van der Waals surface area contributed by atoms with E-state index in [0.717, 1.165) is 0 Å². The Labute approximate surface area is 60.7 Å². The Morgan fingerprint density at radius 1 is 1.89 bits per heavy atom. The average Bonchev–Trinajstić information content (AvgIpc) is 1.87. The summed E-state index contributed by atoms with van der Waals surface area (Å²) in [5.41, 5.74) is 0. The molecule has 9 heavy (non-hydrogen) atoms. The summed E-state index contributed by atoms with van der Waals surface area (Å²) in [4.78, 5) is 0. The Hall–Kier alpha value is -0.420. The SMILES string of the molecule is C#CCC(C)C(=N)SC. The molecule has 1 unspecified atom stereocenters. The van der Waals surface area contributed by atoms with Crippen LogP contribution in [0.2, 0.25) is 0 Å². The van der Waals surface area contributed by atoms with Crippen LogP contribution in [0.15, 0.2) is 0 Å². The number of nitrogens with one attached hydrogen (secondary N) is 1. The third-order valence-corrected chi connectivity index (χ3v) is 1.93. The van der Waals surface area contributed by atoms with Gasteiger partial charge in [-0.1, -0.05) is 6.92 Å². The summed E-state index contributed by atoms with van der Waals surface area (Å²) in [6.45, 7) is 1.97. The zero-order chi connectivity index (χ0) is 7.28. The Kier molecular flexibility index (Phi) is 4.25. The molecule has 0 aliphatic rings. The second-order valence-electron chi connectivity index (χ2n) is 1.88. The third kappa shape index (κ3) is 3.21. The van der Waals surface area contributed by atoms with Crippen molar-refractivity contribution in [1.29, 1.82) is 5.41 Å². The summed E-state index contributed by atoms with van der Waals surface area (Å²) in [6, 6.07) is 0. The predicted molar refractivity (Wildman–Crippen MR) is 43.9 cm³/mol. The number of rotatable bonds is 2.